The highest BCUT2D eigenvalue weighted by atomic mass is 35.5. The summed E-state index contributed by atoms with van der Waals surface area (Å²) in [5.74, 6) is -1.76. The SMILES string of the molecule is O=C(CCNC(=O)c1ccccc1Cl)NCCN1C(=O)S/C(=C\c2ccccc2F)C1=O. The molecule has 1 fully saturated rings. The molecule has 10 heteroatoms. The minimum atomic E-state index is -0.537. The summed E-state index contributed by atoms with van der Waals surface area (Å²) in [4.78, 5) is 49.7. The number of nitrogens with one attached hydrogen (secondary N) is 2. The highest BCUT2D eigenvalue weighted by Crippen LogP contribution is 2.32. The van der Waals surface area contributed by atoms with Gasteiger partial charge in [-0.1, -0.05) is 41.9 Å². The first kappa shape index (κ1) is 23.5. The van der Waals surface area contributed by atoms with E-state index >= 15 is 0 Å². The van der Waals surface area contributed by atoms with Crippen LogP contribution in [0.5, 0.6) is 0 Å². The third kappa shape index (κ3) is 5.95. The lowest BCUT2D eigenvalue weighted by Gasteiger charge is -2.13. The first-order valence-electron chi connectivity index (χ1n) is 9.66. The normalized spacial score (nSPS) is 14.7. The molecule has 1 heterocycles. The molecular weight excluding hydrogens is 457 g/mol. The third-order valence-corrected chi connectivity index (χ3v) is 5.72. The van der Waals surface area contributed by atoms with Gasteiger partial charge in [0.2, 0.25) is 5.91 Å². The van der Waals surface area contributed by atoms with Gasteiger partial charge in [-0.2, -0.15) is 0 Å². The van der Waals surface area contributed by atoms with Crippen LogP contribution in [0.25, 0.3) is 6.08 Å². The van der Waals surface area contributed by atoms with Crippen LogP contribution in [0.2, 0.25) is 5.02 Å². The molecule has 0 unspecified atom stereocenters. The molecule has 7 nitrogen and oxygen atoms in total. The van der Waals surface area contributed by atoms with Crippen molar-refractivity contribution >= 4 is 52.4 Å². The topological polar surface area (TPSA) is 95.6 Å². The number of benzene rings is 2. The molecule has 2 aromatic rings. The Morgan fingerprint density at radius 1 is 1.03 bits per heavy atom. The summed E-state index contributed by atoms with van der Waals surface area (Å²) in [5.41, 5.74) is 0.530. The van der Waals surface area contributed by atoms with Crippen molar-refractivity contribution in [2.75, 3.05) is 19.6 Å². The Bertz CT molecular complexity index is 1090. The predicted octanol–water partition coefficient (Wildman–Crippen LogP) is 3.45. The van der Waals surface area contributed by atoms with E-state index in [1.165, 1.54) is 24.3 Å². The van der Waals surface area contributed by atoms with Crippen molar-refractivity contribution in [3.8, 4) is 0 Å². The summed E-state index contributed by atoms with van der Waals surface area (Å²) in [6.45, 7) is 0.141. The van der Waals surface area contributed by atoms with E-state index in [1.807, 2.05) is 0 Å². The van der Waals surface area contributed by atoms with Crippen molar-refractivity contribution in [3.63, 3.8) is 0 Å². The van der Waals surface area contributed by atoms with E-state index in [1.54, 1.807) is 30.3 Å². The van der Waals surface area contributed by atoms with E-state index in [-0.39, 0.29) is 48.3 Å². The number of imide groups is 1. The predicted molar refractivity (Wildman–Crippen MR) is 120 cm³/mol. The van der Waals surface area contributed by atoms with Crippen molar-refractivity contribution < 1.29 is 23.6 Å². The van der Waals surface area contributed by atoms with Gasteiger partial charge < -0.3 is 10.6 Å². The molecule has 32 heavy (non-hydrogen) atoms. The van der Waals surface area contributed by atoms with Crippen LogP contribution < -0.4 is 10.6 Å². The van der Waals surface area contributed by atoms with E-state index in [9.17, 15) is 23.6 Å². The van der Waals surface area contributed by atoms with Crippen LogP contribution in [-0.4, -0.2) is 47.5 Å². The monoisotopic (exact) mass is 475 g/mol. The summed E-state index contributed by atoms with van der Waals surface area (Å²) >= 11 is 6.68. The van der Waals surface area contributed by atoms with Crippen molar-refractivity contribution in [3.05, 3.63) is 75.4 Å². The van der Waals surface area contributed by atoms with Crippen molar-refractivity contribution in [1.82, 2.24) is 15.5 Å². The fraction of sp³-hybridized carbons (Fsp3) is 0.182. The van der Waals surface area contributed by atoms with Gasteiger partial charge in [-0.25, -0.2) is 4.39 Å². The highest BCUT2D eigenvalue weighted by Gasteiger charge is 2.34. The molecule has 1 aliphatic heterocycles. The average molecular weight is 476 g/mol. The van der Waals surface area contributed by atoms with Gasteiger partial charge in [0.1, 0.15) is 5.82 Å². The Labute approximate surface area is 193 Å². The Balaban J connectivity index is 1.43. The summed E-state index contributed by atoms with van der Waals surface area (Å²) < 4.78 is 13.8. The molecule has 0 bridgehead atoms. The molecule has 0 spiro atoms. The van der Waals surface area contributed by atoms with Gasteiger partial charge in [0.05, 0.1) is 15.5 Å². The fourth-order valence-electron chi connectivity index (χ4n) is 2.85. The number of hydrogen-bond acceptors (Lipinski definition) is 5. The zero-order chi connectivity index (χ0) is 23.1. The second-order valence-electron chi connectivity index (χ2n) is 6.69. The number of amides is 4. The molecule has 3 rings (SSSR count). The number of nitrogens with zero attached hydrogens (tertiary/aromatic N) is 1. The van der Waals surface area contributed by atoms with Crippen LogP contribution in [0.15, 0.2) is 53.4 Å². The molecule has 0 aliphatic carbocycles. The lowest BCUT2D eigenvalue weighted by atomic mass is 10.2. The van der Waals surface area contributed by atoms with Crippen LogP contribution in [0.4, 0.5) is 9.18 Å². The van der Waals surface area contributed by atoms with E-state index in [0.717, 1.165) is 16.7 Å². The molecule has 0 aromatic heterocycles. The molecule has 0 atom stereocenters. The maximum atomic E-state index is 13.8. The van der Waals surface area contributed by atoms with Crippen LogP contribution >= 0.6 is 23.4 Å². The number of rotatable bonds is 8. The van der Waals surface area contributed by atoms with Gasteiger partial charge >= 0.3 is 0 Å². The van der Waals surface area contributed by atoms with Crippen LogP contribution in [0.3, 0.4) is 0 Å². The lowest BCUT2D eigenvalue weighted by molar-refractivity contribution is -0.124. The van der Waals surface area contributed by atoms with Crippen molar-refractivity contribution in [2.45, 2.75) is 6.42 Å². The number of carbonyl (C=O) groups is 4. The highest BCUT2D eigenvalue weighted by molar-refractivity contribution is 8.18. The summed E-state index contributed by atoms with van der Waals surface area (Å²) in [6, 6.07) is 12.5. The Kier molecular flexibility index (Phi) is 8.02. The minimum Gasteiger partial charge on any atom is -0.354 e. The Morgan fingerprint density at radius 2 is 1.75 bits per heavy atom. The van der Waals surface area contributed by atoms with Crippen molar-refractivity contribution in [1.29, 1.82) is 0 Å². The third-order valence-electron chi connectivity index (χ3n) is 4.48. The van der Waals surface area contributed by atoms with E-state index in [2.05, 4.69) is 10.6 Å². The quantitative estimate of drug-likeness (QED) is 0.570. The second-order valence-corrected chi connectivity index (χ2v) is 8.09. The van der Waals surface area contributed by atoms with E-state index < -0.39 is 17.0 Å². The lowest BCUT2D eigenvalue weighted by Crippen LogP contribution is -2.38. The average Bonchev–Trinajstić information content (AvgIpc) is 3.03. The molecule has 2 N–H and O–H groups in total. The standard InChI is InChI=1S/C22H19ClFN3O4S/c23-16-7-3-2-6-15(16)20(29)26-10-9-19(28)25-11-12-27-21(30)18(32-22(27)31)13-14-5-1-4-8-17(14)24/h1-8,13H,9-12H2,(H,25,28)(H,26,29)/b18-13-. The molecule has 4 amide bonds. The van der Waals surface area contributed by atoms with Crippen molar-refractivity contribution in [2.24, 2.45) is 0 Å². The molecule has 1 saturated heterocycles. The zero-order valence-corrected chi connectivity index (χ0v) is 18.3. The molecular formula is C22H19ClFN3O4S. The maximum absolute atomic E-state index is 13.8. The van der Waals surface area contributed by atoms with Crippen LogP contribution in [-0.2, 0) is 9.59 Å². The van der Waals surface area contributed by atoms with Gasteiger partial charge in [0.25, 0.3) is 17.1 Å². The minimum absolute atomic E-state index is 0.0169. The summed E-state index contributed by atoms with van der Waals surface area (Å²) in [5, 5.41) is 5.03. The molecule has 0 radical (unpaired) electrons. The smallest absolute Gasteiger partial charge is 0.293 e. The summed E-state index contributed by atoms with van der Waals surface area (Å²) in [7, 11) is 0. The first-order chi connectivity index (χ1) is 15.4. The molecule has 2 aromatic carbocycles. The van der Waals surface area contributed by atoms with Gasteiger partial charge in [0.15, 0.2) is 0 Å². The molecule has 166 valence electrons. The Hall–Kier alpha value is -3.17. The number of thioether (sulfide) groups is 1. The second kappa shape index (κ2) is 10.9. The van der Waals surface area contributed by atoms with Gasteiger partial charge in [-0.3, -0.25) is 24.1 Å². The van der Waals surface area contributed by atoms with Gasteiger partial charge in [-0.05, 0) is 36.0 Å². The first-order valence-corrected chi connectivity index (χ1v) is 10.9. The van der Waals surface area contributed by atoms with Crippen LogP contribution in [0.1, 0.15) is 22.3 Å². The van der Waals surface area contributed by atoms with Gasteiger partial charge in [-0.15, -0.1) is 0 Å². The maximum Gasteiger partial charge on any atom is 0.293 e. The zero-order valence-electron chi connectivity index (χ0n) is 16.8. The molecule has 0 saturated carbocycles. The van der Waals surface area contributed by atoms with Crippen LogP contribution in [0, 0.1) is 5.82 Å². The fourth-order valence-corrected chi connectivity index (χ4v) is 3.93. The van der Waals surface area contributed by atoms with E-state index in [0.29, 0.717) is 10.6 Å². The number of carbonyl (C=O) groups excluding carboxylic acids is 4. The Morgan fingerprint density at radius 3 is 2.50 bits per heavy atom. The largest absolute Gasteiger partial charge is 0.354 e. The summed E-state index contributed by atoms with van der Waals surface area (Å²) in [6.07, 6.45) is 1.35. The number of halogens is 2. The number of hydrogen-bond donors (Lipinski definition) is 2. The van der Waals surface area contributed by atoms with Gasteiger partial charge in [0, 0.05) is 31.6 Å². The molecule has 1 aliphatic rings. The van der Waals surface area contributed by atoms with E-state index in [4.69, 9.17) is 11.6 Å².